The lowest BCUT2D eigenvalue weighted by atomic mass is 9.85. The van der Waals surface area contributed by atoms with E-state index in [1.54, 1.807) is 12.1 Å². The van der Waals surface area contributed by atoms with E-state index in [4.69, 9.17) is 9.47 Å². The molecule has 1 heterocycles. The standard InChI is InChI=1S/C19H23F3O2/c1-2-13-11-23-18(24-12-13)16-5-3-14(4-6-16)15-7-9-17(10-8-15)19(20,21)22/h3,7-10,13,16,18H,2,4-6,11-12H2,1H3. The Hall–Kier alpha value is -1.33. The number of ether oxygens (including phenoxy) is 2. The van der Waals surface area contributed by atoms with Crippen molar-refractivity contribution in [3.63, 3.8) is 0 Å². The molecule has 5 heteroatoms. The van der Waals surface area contributed by atoms with Gasteiger partial charge in [0.15, 0.2) is 6.29 Å². The molecule has 1 saturated heterocycles. The highest BCUT2D eigenvalue weighted by Crippen LogP contribution is 2.36. The molecule has 0 N–H and O–H groups in total. The highest BCUT2D eigenvalue weighted by atomic mass is 19.4. The van der Waals surface area contributed by atoms with Gasteiger partial charge in [-0.25, -0.2) is 0 Å². The molecule has 0 amide bonds. The Bertz CT molecular complexity index is 569. The summed E-state index contributed by atoms with van der Waals surface area (Å²) in [5.74, 6) is 0.823. The van der Waals surface area contributed by atoms with E-state index in [-0.39, 0.29) is 6.29 Å². The number of halogens is 3. The van der Waals surface area contributed by atoms with Gasteiger partial charge in [0, 0.05) is 11.8 Å². The minimum absolute atomic E-state index is 0.141. The lowest BCUT2D eigenvalue weighted by Crippen LogP contribution is -2.37. The first kappa shape index (κ1) is 17.5. The average Bonchev–Trinajstić information content (AvgIpc) is 2.61. The fraction of sp³-hybridized carbons (Fsp3) is 0.579. The maximum Gasteiger partial charge on any atom is 0.416 e. The van der Waals surface area contributed by atoms with Gasteiger partial charge in [0.05, 0.1) is 18.8 Å². The Kier molecular flexibility index (Phi) is 5.30. The van der Waals surface area contributed by atoms with Crippen molar-refractivity contribution < 1.29 is 22.6 Å². The molecular formula is C19H23F3O2. The predicted molar refractivity (Wildman–Crippen MR) is 86.2 cm³/mol. The van der Waals surface area contributed by atoms with Crippen LogP contribution in [0.4, 0.5) is 13.2 Å². The lowest BCUT2D eigenvalue weighted by Gasteiger charge is -2.35. The van der Waals surface area contributed by atoms with Gasteiger partial charge in [0.25, 0.3) is 0 Å². The van der Waals surface area contributed by atoms with Gasteiger partial charge in [-0.2, -0.15) is 13.2 Å². The molecule has 1 aliphatic carbocycles. The Morgan fingerprint density at radius 3 is 2.25 bits per heavy atom. The maximum atomic E-state index is 12.6. The highest BCUT2D eigenvalue weighted by Gasteiger charge is 2.31. The second kappa shape index (κ2) is 7.28. The van der Waals surface area contributed by atoms with Crippen molar-refractivity contribution in [2.45, 2.75) is 45.1 Å². The Morgan fingerprint density at radius 2 is 1.75 bits per heavy atom. The zero-order valence-electron chi connectivity index (χ0n) is 13.8. The summed E-state index contributed by atoms with van der Waals surface area (Å²) >= 11 is 0. The topological polar surface area (TPSA) is 18.5 Å². The normalized spacial score (nSPS) is 28.5. The second-order valence-corrected chi connectivity index (χ2v) is 6.65. The predicted octanol–water partition coefficient (Wildman–Crippen LogP) is 5.29. The molecule has 1 aliphatic heterocycles. The minimum Gasteiger partial charge on any atom is -0.352 e. The van der Waals surface area contributed by atoms with Gasteiger partial charge in [-0.15, -0.1) is 0 Å². The first-order valence-electron chi connectivity index (χ1n) is 8.57. The molecule has 3 rings (SSSR count). The van der Waals surface area contributed by atoms with Crippen LogP contribution in [0.5, 0.6) is 0 Å². The summed E-state index contributed by atoms with van der Waals surface area (Å²) in [6.45, 7) is 3.65. The minimum atomic E-state index is -4.28. The molecule has 0 saturated carbocycles. The second-order valence-electron chi connectivity index (χ2n) is 6.65. The van der Waals surface area contributed by atoms with Crippen molar-refractivity contribution in [1.29, 1.82) is 0 Å². The SMILES string of the molecule is CCC1COC(C2CC=C(c3ccc(C(F)(F)F)cc3)CC2)OC1. The van der Waals surface area contributed by atoms with Crippen molar-refractivity contribution in [3.05, 3.63) is 41.5 Å². The van der Waals surface area contributed by atoms with Gasteiger partial charge >= 0.3 is 6.18 Å². The summed E-state index contributed by atoms with van der Waals surface area (Å²) in [7, 11) is 0. The first-order chi connectivity index (χ1) is 11.5. The van der Waals surface area contributed by atoms with Gasteiger partial charge in [-0.05, 0) is 49.0 Å². The molecule has 1 fully saturated rings. The van der Waals surface area contributed by atoms with Gasteiger partial charge < -0.3 is 9.47 Å². The van der Waals surface area contributed by atoms with Gasteiger partial charge in [-0.1, -0.05) is 25.1 Å². The fourth-order valence-corrected chi connectivity index (χ4v) is 3.30. The van der Waals surface area contributed by atoms with Crippen LogP contribution in [0, 0.1) is 11.8 Å². The molecule has 132 valence electrons. The average molecular weight is 340 g/mol. The summed E-state index contributed by atoms with van der Waals surface area (Å²) in [4.78, 5) is 0. The Labute approximate surface area is 140 Å². The van der Waals surface area contributed by atoms with Crippen molar-refractivity contribution in [2.75, 3.05) is 13.2 Å². The van der Waals surface area contributed by atoms with E-state index in [2.05, 4.69) is 13.0 Å². The number of benzene rings is 1. The van der Waals surface area contributed by atoms with Gasteiger partial charge in [-0.3, -0.25) is 0 Å². The first-order valence-corrected chi connectivity index (χ1v) is 8.57. The van der Waals surface area contributed by atoms with Crippen molar-refractivity contribution in [3.8, 4) is 0 Å². The summed E-state index contributed by atoms with van der Waals surface area (Å²) in [5, 5.41) is 0. The zero-order valence-corrected chi connectivity index (χ0v) is 13.8. The van der Waals surface area contributed by atoms with E-state index in [1.807, 2.05) is 0 Å². The van der Waals surface area contributed by atoms with E-state index in [0.717, 1.165) is 62.2 Å². The summed E-state index contributed by atoms with van der Waals surface area (Å²) in [6, 6.07) is 5.43. The molecule has 0 aromatic heterocycles. The molecule has 0 bridgehead atoms. The summed E-state index contributed by atoms with van der Waals surface area (Å²) in [5.41, 5.74) is 1.38. The van der Waals surface area contributed by atoms with E-state index < -0.39 is 11.7 Å². The monoisotopic (exact) mass is 340 g/mol. The third kappa shape index (κ3) is 4.01. The number of hydrogen-bond acceptors (Lipinski definition) is 2. The highest BCUT2D eigenvalue weighted by molar-refractivity contribution is 5.66. The zero-order chi connectivity index (χ0) is 17.2. The lowest BCUT2D eigenvalue weighted by molar-refractivity contribution is -0.225. The van der Waals surface area contributed by atoms with Gasteiger partial charge in [0.2, 0.25) is 0 Å². The largest absolute Gasteiger partial charge is 0.416 e. The van der Waals surface area contributed by atoms with Crippen LogP contribution in [0.25, 0.3) is 5.57 Å². The summed E-state index contributed by atoms with van der Waals surface area (Å²) in [6.07, 6.45) is 1.39. The molecule has 2 nitrogen and oxygen atoms in total. The third-order valence-electron chi connectivity index (χ3n) is 4.99. The van der Waals surface area contributed by atoms with Crippen LogP contribution in [0.15, 0.2) is 30.3 Å². The quantitative estimate of drug-likeness (QED) is 0.744. The van der Waals surface area contributed by atoms with E-state index >= 15 is 0 Å². The number of rotatable bonds is 3. The van der Waals surface area contributed by atoms with E-state index in [9.17, 15) is 13.2 Å². The van der Waals surface area contributed by atoms with Crippen LogP contribution >= 0.6 is 0 Å². The van der Waals surface area contributed by atoms with Crippen LogP contribution < -0.4 is 0 Å². The van der Waals surface area contributed by atoms with Crippen LogP contribution in [-0.4, -0.2) is 19.5 Å². The van der Waals surface area contributed by atoms with Crippen molar-refractivity contribution in [2.24, 2.45) is 11.8 Å². The fourth-order valence-electron chi connectivity index (χ4n) is 3.30. The summed E-state index contributed by atoms with van der Waals surface area (Å²) < 4.78 is 49.6. The van der Waals surface area contributed by atoms with Crippen LogP contribution in [-0.2, 0) is 15.7 Å². The van der Waals surface area contributed by atoms with Crippen molar-refractivity contribution >= 4 is 5.57 Å². The number of allylic oxidation sites excluding steroid dienone is 2. The molecule has 2 aliphatic rings. The number of hydrogen-bond donors (Lipinski definition) is 0. The molecule has 1 unspecified atom stereocenters. The third-order valence-corrected chi connectivity index (χ3v) is 4.99. The molecule has 1 atom stereocenters. The Balaban J connectivity index is 1.59. The molecule has 1 aromatic carbocycles. The molecule has 0 radical (unpaired) electrons. The smallest absolute Gasteiger partial charge is 0.352 e. The van der Waals surface area contributed by atoms with Gasteiger partial charge in [0.1, 0.15) is 0 Å². The van der Waals surface area contributed by atoms with E-state index in [0.29, 0.717) is 11.8 Å². The molecule has 0 spiro atoms. The number of alkyl halides is 3. The van der Waals surface area contributed by atoms with E-state index in [1.165, 1.54) is 0 Å². The molecular weight excluding hydrogens is 317 g/mol. The van der Waals surface area contributed by atoms with Crippen LogP contribution in [0.1, 0.15) is 43.7 Å². The maximum absolute atomic E-state index is 12.6. The van der Waals surface area contributed by atoms with Crippen LogP contribution in [0.2, 0.25) is 0 Å². The molecule has 1 aromatic rings. The van der Waals surface area contributed by atoms with Crippen molar-refractivity contribution in [1.82, 2.24) is 0 Å². The van der Waals surface area contributed by atoms with Crippen LogP contribution in [0.3, 0.4) is 0 Å². The molecule has 24 heavy (non-hydrogen) atoms. The Morgan fingerprint density at radius 1 is 1.08 bits per heavy atom.